The minimum atomic E-state index is -0.340. The van der Waals surface area contributed by atoms with E-state index in [0.29, 0.717) is 10.7 Å². The molecule has 0 N–H and O–H groups in total. The Kier molecular flexibility index (Phi) is 6.14. The van der Waals surface area contributed by atoms with Crippen molar-refractivity contribution in [2.24, 2.45) is 22.0 Å². The zero-order valence-electron chi connectivity index (χ0n) is 17.0. The summed E-state index contributed by atoms with van der Waals surface area (Å²) >= 11 is 6.23. The summed E-state index contributed by atoms with van der Waals surface area (Å²) in [6.45, 7) is 1.90. The summed E-state index contributed by atoms with van der Waals surface area (Å²) in [6, 6.07) is 5.35. The first-order chi connectivity index (χ1) is 14.0. The Morgan fingerprint density at radius 1 is 0.966 bits per heavy atom. The van der Waals surface area contributed by atoms with Crippen molar-refractivity contribution in [2.45, 2.75) is 71.1 Å². The van der Waals surface area contributed by atoms with Gasteiger partial charge < -0.3 is 0 Å². The molecule has 0 bridgehead atoms. The van der Waals surface area contributed by atoms with Gasteiger partial charge in [-0.3, -0.25) is 14.5 Å². The topological polar surface area (TPSA) is 62.1 Å². The lowest BCUT2D eigenvalue weighted by molar-refractivity contribution is -0.122. The van der Waals surface area contributed by atoms with Crippen LogP contribution in [0.25, 0.3) is 0 Å². The highest BCUT2D eigenvalue weighted by Crippen LogP contribution is 2.38. The number of anilines is 1. The van der Waals surface area contributed by atoms with E-state index in [1.807, 2.05) is 13.0 Å². The van der Waals surface area contributed by atoms with E-state index in [4.69, 9.17) is 11.6 Å². The summed E-state index contributed by atoms with van der Waals surface area (Å²) in [5.74, 6) is -0.601. The fraction of sp³-hybridized carbons (Fsp3) is 0.565. The number of imide groups is 1. The van der Waals surface area contributed by atoms with E-state index >= 15 is 0 Å². The molecule has 29 heavy (non-hydrogen) atoms. The van der Waals surface area contributed by atoms with Crippen LogP contribution in [0.3, 0.4) is 0 Å². The third-order valence-corrected chi connectivity index (χ3v) is 6.86. The lowest BCUT2D eigenvalue weighted by Crippen LogP contribution is -2.35. The number of carbonyl (C=O) groups is 2. The molecule has 0 spiro atoms. The molecule has 1 saturated heterocycles. The number of benzene rings is 1. The van der Waals surface area contributed by atoms with Crippen LogP contribution in [0.1, 0.15) is 69.8 Å². The van der Waals surface area contributed by atoms with Gasteiger partial charge in [-0.1, -0.05) is 30.5 Å². The third kappa shape index (κ3) is 4.30. The standard InChI is InChI=1S/C23H28ClN3O2/c1-15-11-12-17(13-20(15)24)27-22(28)14-19(23(27)29)18-9-5-6-10-21(18)26-25-16-7-3-2-4-8-16/h11-13,18-19H,2-10,14H2,1H3/b26-21+. The highest BCUT2D eigenvalue weighted by Gasteiger charge is 2.45. The van der Waals surface area contributed by atoms with Gasteiger partial charge in [-0.25, -0.2) is 0 Å². The van der Waals surface area contributed by atoms with Crippen molar-refractivity contribution in [1.29, 1.82) is 0 Å². The Morgan fingerprint density at radius 3 is 2.48 bits per heavy atom. The van der Waals surface area contributed by atoms with Gasteiger partial charge in [0.15, 0.2) is 0 Å². The van der Waals surface area contributed by atoms with Gasteiger partial charge in [0.2, 0.25) is 11.8 Å². The van der Waals surface area contributed by atoms with Crippen molar-refractivity contribution in [2.75, 3.05) is 4.90 Å². The minimum Gasteiger partial charge on any atom is -0.274 e. The molecule has 5 nitrogen and oxygen atoms in total. The average Bonchev–Trinajstić information content (AvgIpc) is 3.03. The minimum absolute atomic E-state index is 0.0130. The number of amides is 2. The molecule has 154 valence electrons. The van der Waals surface area contributed by atoms with Crippen LogP contribution in [0.5, 0.6) is 0 Å². The first-order valence-electron chi connectivity index (χ1n) is 10.8. The zero-order valence-corrected chi connectivity index (χ0v) is 17.7. The summed E-state index contributed by atoms with van der Waals surface area (Å²) in [4.78, 5) is 27.3. The maximum Gasteiger partial charge on any atom is 0.238 e. The smallest absolute Gasteiger partial charge is 0.238 e. The van der Waals surface area contributed by atoms with E-state index < -0.39 is 0 Å². The lowest BCUT2D eigenvalue weighted by atomic mass is 9.77. The molecule has 2 aliphatic carbocycles. The average molecular weight is 414 g/mol. The van der Waals surface area contributed by atoms with E-state index in [2.05, 4.69) is 10.2 Å². The van der Waals surface area contributed by atoms with E-state index in [1.54, 1.807) is 12.1 Å². The fourth-order valence-corrected chi connectivity index (χ4v) is 4.91. The second-order valence-electron chi connectivity index (χ2n) is 8.48. The zero-order chi connectivity index (χ0) is 20.4. The van der Waals surface area contributed by atoms with Crippen LogP contribution >= 0.6 is 11.6 Å². The highest BCUT2D eigenvalue weighted by molar-refractivity contribution is 6.32. The van der Waals surface area contributed by atoms with Gasteiger partial charge in [0.25, 0.3) is 0 Å². The van der Waals surface area contributed by atoms with Gasteiger partial charge in [-0.05, 0) is 69.6 Å². The molecule has 0 aromatic heterocycles. The summed E-state index contributed by atoms with van der Waals surface area (Å²) in [6.07, 6.45) is 9.87. The van der Waals surface area contributed by atoms with Crippen molar-refractivity contribution < 1.29 is 9.59 Å². The van der Waals surface area contributed by atoms with E-state index in [1.165, 1.54) is 29.9 Å². The SMILES string of the molecule is Cc1ccc(N2C(=O)CC(C3CCCC/C3=N\N=C3CCCCC3)C2=O)cc1Cl. The van der Waals surface area contributed by atoms with Crippen molar-refractivity contribution in [3.05, 3.63) is 28.8 Å². The number of hydrogen-bond acceptors (Lipinski definition) is 4. The molecule has 0 radical (unpaired) electrons. The van der Waals surface area contributed by atoms with Crippen LogP contribution in [-0.2, 0) is 9.59 Å². The highest BCUT2D eigenvalue weighted by atomic mass is 35.5. The Morgan fingerprint density at radius 2 is 1.72 bits per heavy atom. The molecule has 2 unspecified atom stereocenters. The molecule has 1 aromatic rings. The van der Waals surface area contributed by atoms with Crippen molar-refractivity contribution >= 4 is 40.5 Å². The number of rotatable bonds is 3. The molecule has 2 saturated carbocycles. The number of hydrogen-bond donors (Lipinski definition) is 0. The Hall–Kier alpha value is -2.01. The lowest BCUT2D eigenvalue weighted by Gasteiger charge is -2.27. The Bertz CT molecular complexity index is 869. The molecular formula is C23H28ClN3O2. The van der Waals surface area contributed by atoms with Gasteiger partial charge in [0, 0.05) is 28.8 Å². The monoisotopic (exact) mass is 413 g/mol. The largest absolute Gasteiger partial charge is 0.274 e. The van der Waals surface area contributed by atoms with E-state index in [-0.39, 0.29) is 30.1 Å². The van der Waals surface area contributed by atoms with Gasteiger partial charge in [-0.2, -0.15) is 10.2 Å². The second-order valence-corrected chi connectivity index (χ2v) is 8.89. The third-order valence-electron chi connectivity index (χ3n) is 6.46. The summed E-state index contributed by atoms with van der Waals surface area (Å²) in [5, 5.41) is 9.73. The van der Waals surface area contributed by atoms with Gasteiger partial charge in [0.05, 0.1) is 11.6 Å². The number of aryl methyl sites for hydroxylation is 1. The molecule has 2 atom stereocenters. The molecule has 4 rings (SSSR count). The summed E-state index contributed by atoms with van der Waals surface area (Å²) < 4.78 is 0. The summed E-state index contributed by atoms with van der Waals surface area (Å²) in [5.41, 5.74) is 3.67. The first-order valence-corrected chi connectivity index (χ1v) is 11.2. The first kappa shape index (κ1) is 20.3. The molecule has 2 amide bonds. The quantitative estimate of drug-likeness (QED) is 0.486. The van der Waals surface area contributed by atoms with Crippen LogP contribution < -0.4 is 4.90 Å². The van der Waals surface area contributed by atoms with Crippen LogP contribution in [0.15, 0.2) is 28.4 Å². The maximum atomic E-state index is 13.2. The van der Waals surface area contributed by atoms with Crippen molar-refractivity contribution in [3.8, 4) is 0 Å². The van der Waals surface area contributed by atoms with Crippen LogP contribution in [0.2, 0.25) is 5.02 Å². The summed E-state index contributed by atoms with van der Waals surface area (Å²) in [7, 11) is 0. The van der Waals surface area contributed by atoms with E-state index in [9.17, 15) is 9.59 Å². The molecule has 6 heteroatoms. The van der Waals surface area contributed by atoms with Gasteiger partial charge in [0.1, 0.15) is 0 Å². The number of nitrogens with zero attached hydrogens (tertiary/aromatic N) is 3. The van der Waals surface area contributed by atoms with Gasteiger partial charge >= 0.3 is 0 Å². The molecule has 1 heterocycles. The predicted molar refractivity (Wildman–Crippen MR) is 117 cm³/mol. The van der Waals surface area contributed by atoms with Gasteiger partial charge in [-0.15, -0.1) is 0 Å². The van der Waals surface area contributed by atoms with Crippen molar-refractivity contribution in [3.63, 3.8) is 0 Å². The van der Waals surface area contributed by atoms with Crippen LogP contribution in [0.4, 0.5) is 5.69 Å². The Balaban J connectivity index is 1.56. The predicted octanol–water partition coefficient (Wildman–Crippen LogP) is 5.48. The number of carbonyl (C=O) groups excluding carboxylic acids is 2. The van der Waals surface area contributed by atoms with Crippen LogP contribution in [-0.4, -0.2) is 23.2 Å². The molecule has 1 aliphatic heterocycles. The Labute approximate surface area is 177 Å². The molecule has 1 aromatic carbocycles. The molecular weight excluding hydrogens is 386 g/mol. The molecule has 3 fully saturated rings. The van der Waals surface area contributed by atoms with Crippen molar-refractivity contribution in [1.82, 2.24) is 0 Å². The second kappa shape index (κ2) is 8.78. The fourth-order valence-electron chi connectivity index (χ4n) is 4.74. The maximum absolute atomic E-state index is 13.2. The molecule has 3 aliphatic rings. The normalized spacial score (nSPS) is 27.0. The van der Waals surface area contributed by atoms with Crippen LogP contribution in [0, 0.1) is 18.8 Å². The van der Waals surface area contributed by atoms with E-state index in [0.717, 1.165) is 49.8 Å². The number of halogens is 1.